The van der Waals surface area contributed by atoms with E-state index in [1.807, 2.05) is 0 Å². The van der Waals surface area contributed by atoms with Crippen molar-refractivity contribution in [1.29, 1.82) is 0 Å². The highest BCUT2D eigenvalue weighted by molar-refractivity contribution is 6.37. The second-order valence-corrected chi connectivity index (χ2v) is 6.11. The number of ketones is 2. The predicted octanol–water partition coefficient (Wildman–Crippen LogP) is 2.16. The largest absolute Gasteiger partial charge is 0.507 e. The average molecular weight is 349 g/mol. The Kier molecular flexibility index (Phi) is 3.74. The van der Waals surface area contributed by atoms with Gasteiger partial charge in [-0.25, -0.2) is 0 Å². The summed E-state index contributed by atoms with van der Waals surface area (Å²) in [5.74, 6) is -3.05. The van der Waals surface area contributed by atoms with Gasteiger partial charge in [-0.15, -0.1) is 0 Å². The van der Waals surface area contributed by atoms with Gasteiger partial charge in [0.15, 0.2) is 5.78 Å². The van der Waals surface area contributed by atoms with Crippen molar-refractivity contribution in [1.82, 2.24) is 0 Å². The summed E-state index contributed by atoms with van der Waals surface area (Å²) in [6.45, 7) is 1.55. The van der Waals surface area contributed by atoms with Crippen LogP contribution in [0.3, 0.4) is 0 Å². The number of carbonyl (C=O) groups excluding carboxylic acids is 2. The van der Waals surface area contributed by atoms with E-state index >= 15 is 0 Å². The molecule has 0 heterocycles. The molecule has 0 amide bonds. The van der Waals surface area contributed by atoms with Crippen LogP contribution in [0.25, 0.3) is 0 Å². The summed E-state index contributed by atoms with van der Waals surface area (Å²) in [6.07, 6.45) is -0.511. The summed E-state index contributed by atoms with van der Waals surface area (Å²) in [7, 11) is 0. The molecule has 0 radical (unpaired) electrons. The van der Waals surface area contributed by atoms with E-state index in [0.717, 1.165) is 6.07 Å². The Labute approximate surface area is 141 Å². The molecular weight excluding hydrogens is 336 g/mol. The quantitative estimate of drug-likeness (QED) is 0.564. The number of fused-ring (bicyclic) bond motifs is 2. The molecule has 0 aliphatic heterocycles. The monoisotopic (exact) mass is 348 g/mol. The van der Waals surface area contributed by atoms with Crippen molar-refractivity contribution in [2.24, 2.45) is 0 Å². The maximum absolute atomic E-state index is 12.7. The average Bonchev–Trinajstić information content (AvgIpc) is 2.48. The number of phenols is 3. The summed E-state index contributed by atoms with van der Waals surface area (Å²) < 4.78 is 0. The smallest absolute Gasteiger partial charge is 0.202 e. The Morgan fingerprint density at radius 2 is 1.58 bits per heavy atom. The number of aromatic hydroxyl groups is 3. The molecule has 0 saturated heterocycles. The molecule has 24 heavy (non-hydrogen) atoms. The molecule has 2 aromatic rings. The van der Waals surface area contributed by atoms with Crippen LogP contribution in [-0.4, -0.2) is 38.1 Å². The Hall–Kier alpha value is -2.57. The van der Waals surface area contributed by atoms with Crippen LogP contribution in [0.2, 0.25) is 5.02 Å². The zero-order chi connectivity index (χ0) is 17.8. The summed E-state index contributed by atoms with van der Waals surface area (Å²) in [4.78, 5) is 25.3. The van der Waals surface area contributed by atoms with Crippen LogP contribution in [0.4, 0.5) is 0 Å². The Morgan fingerprint density at radius 3 is 2.21 bits per heavy atom. The molecule has 7 heteroatoms. The molecule has 0 aromatic heterocycles. The number of hydrogen-bond acceptors (Lipinski definition) is 6. The van der Waals surface area contributed by atoms with Crippen LogP contribution in [0, 0.1) is 0 Å². The zero-order valence-electron chi connectivity index (χ0n) is 12.5. The van der Waals surface area contributed by atoms with E-state index in [0.29, 0.717) is 5.56 Å². The van der Waals surface area contributed by atoms with E-state index in [9.17, 15) is 30.0 Å². The summed E-state index contributed by atoms with van der Waals surface area (Å²) in [6, 6.07) is 3.72. The van der Waals surface area contributed by atoms with Gasteiger partial charge in [-0.05, 0) is 37.1 Å². The Morgan fingerprint density at radius 1 is 0.958 bits per heavy atom. The van der Waals surface area contributed by atoms with Gasteiger partial charge in [0.2, 0.25) is 5.78 Å². The summed E-state index contributed by atoms with van der Waals surface area (Å²) in [5.41, 5.74) is -0.356. The number of benzene rings is 2. The number of aliphatic hydroxyl groups excluding tert-OH is 1. The van der Waals surface area contributed by atoms with Crippen LogP contribution in [0.15, 0.2) is 18.2 Å². The third kappa shape index (κ3) is 2.31. The molecule has 0 unspecified atom stereocenters. The van der Waals surface area contributed by atoms with Crippen LogP contribution in [0.5, 0.6) is 17.2 Å². The third-order valence-corrected chi connectivity index (χ3v) is 4.24. The SMILES string of the molecule is C[C@@H](O)Cc1cc(O)c2c(c1)C(=O)c1cc(O)c(Cl)c(O)c1C2=O. The minimum absolute atomic E-state index is 0.0516. The van der Waals surface area contributed by atoms with Crippen LogP contribution in [-0.2, 0) is 6.42 Å². The number of carbonyl (C=O) groups is 2. The minimum Gasteiger partial charge on any atom is -0.507 e. The van der Waals surface area contributed by atoms with Gasteiger partial charge in [0, 0.05) is 11.1 Å². The number of phenolic OH excluding ortho intramolecular Hbond substituents is 3. The number of aliphatic hydroxyl groups is 1. The molecule has 124 valence electrons. The lowest BCUT2D eigenvalue weighted by molar-refractivity contribution is 0.0973. The zero-order valence-corrected chi connectivity index (χ0v) is 13.3. The third-order valence-electron chi connectivity index (χ3n) is 3.87. The first-order valence-electron chi connectivity index (χ1n) is 7.10. The second kappa shape index (κ2) is 5.51. The first-order chi connectivity index (χ1) is 11.2. The highest BCUT2D eigenvalue weighted by atomic mass is 35.5. The maximum Gasteiger partial charge on any atom is 0.202 e. The Bertz CT molecular complexity index is 901. The fraction of sp³-hybridized carbons (Fsp3) is 0.176. The molecular formula is C17H13ClO6. The molecule has 1 atom stereocenters. The lowest BCUT2D eigenvalue weighted by Crippen LogP contribution is -2.22. The molecule has 4 N–H and O–H groups in total. The highest BCUT2D eigenvalue weighted by Crippen LogP contribution is 2.43. The first kappa shape index (κ1) is 16.3. The molecule has 0 fully saturated rings. The summed E-state index contributed by atoms with van der Waals surface area (Å²) >= 11 is 5.72. The summed E-state index contributed by atoms with van der Waals surface area (Å²) in [5, 5.41) is 38.9. The molecule has 1 aliphatic rings. The molecule has 0 saturated carbocycles. The van der Waals surface area contributed by atoms with Crippen LogP contribution in [0.1, 0.15) is 44.3 Å². The topological polar surface area (TPSA) is 115 Å². The highest BCUT2D eigenvalue weighted by Gasteiger charge is 2.36. The minimum atomic E-state index is -0.764. The molecule has 3 rings (SSSR count). The fourth-order valence-electron chi connectivity index (χ4n) is 2.87. The lowest BCUT2D eigenvalue weighted by atomic mass is 9.81. The van der Waals surface area contributed by atoms with E-state index in [-0.39, 0.29) is 28.7 Å². The van der Waals surface area contributed by atoms with E-state index in [1.165, 1.54) is 12.1 Å². The van der Waals surface area contributed by atoms with Gasteiger partial charge < -0.3 is 20.4 Å². The normalized spacial score (nSPS) is 14.3. The molecule has 6 nitrogen and oxygen atoms in total. The Balaban J connectivity index is 2.27. The predicted molar refractivity (Wildman–Crippen MR) is 85.1 cm³/mol. The molecule has 0 spiro atoms. The molecule has 0 bridgehead atoms. The van der Waals surface area contributed by atoms with Crippen LogP contribution < -0.4 is 0 Å². The molecule has 1 aliphatic carbocycles. The van der Waals surface area contributed by atoms with Gasteiger partial charge in [0.1, 0.15) is 22.3 Å². The van der Waals surface area contributed by atoms with Crippen molar-refractivity contribution in [3.05, 3.63) is 51.0 Å². The van der Waals surface area contributed by atoms with Crippen molar-refractivity contribution in [2.45, 2.75) is 19.4 Å². The van der Waals surface area contributed by atoms with Gasteiger partial charge in [-0.2, -0.15) is 0 Å². The van der Waals surface area contributed by atoms with Gasteiger partial charge >= 0.3 is 0 Å². The van der Waals surface area contributed by atoms with Gasteiger partial charge in [-0.1, -0.05) is 11.6 Å². The van der Waals surface area contributed by atoms with Crippen molar-refractivity contribution in [2.75, 3.05) is 0 Å². The second-order valence-electron chi connectivity index (χ2n) is 5.73. The molecule has 2 aromatic carbocycles. The van der Waals surface area contributed by atoms with Gasteiger partial charge in [-0.3, -0.25) is 9.59 Å². The van der Waals surface area contributed by atoms with Crippen molar-refractivity contribution >= 4 is 23.2 Å². The van der Waals surface area contributed by atoms with Crippen molar-refractivity contribution < 1.29 is 30.0 Å². The van der Waals surface area contributed by atoms with E-state index in [1.54, 1.807) is 6.92 Å². The van der Waals surface area contributed by atoms with E-state index in [4.69, 9.17) is 11.6 Å². The van der Waals surface area contributed by atoms with E-state index in [2.05, 4.69) is 0 Å². The number of rotatable bonds is 2. The van der Waals surface area contributed by atoms with Crippen molar-refractivity contribution in [3.63, 3.8) is 0 Å². The van der Waals surface area contributed by atoms with Crippen molar-refractivity contribution in [3.8, 4) is 17.2 Å². The number of hydrogen-bond donors (Lipinski definition) is 4. The fourth-order valence-corrected chi connectivity index (χ4v) is 3.02. The maximum atomic E-state index is 12.7. The standard InChI is InChI=1S/C17H13ClO6/c1-6(19)2-7-3-8-12(10(20)4-7)16(23)13-9(15(8)22)5-11(21)14(18)17(13)24/h3-6,19-21,24H,2H2,1H3/t6-/m1/s1. The first-order valence-corrected chi connectivity index (χ1v) is 7.48. The van der Waals surface area contributed by atoms with Crippen LogP contribution >= 0.6 is 11.6 Å². The van der Waals surface area contributed by atoms with E-state index < -0.39 is 39.9 Å². The number of halogens is 1. The van der Waals surface area contributed by atoms with Gasteiger partial charge in [0.25, 0.3) is 0 Å². The lowest BCUT2D eigenvalue weighted by Gasteiger charge is -2.21. The van der Waals surface area contributed by atoms with Gasteiger partial charge in [0.05, 0.1) is 17.2 Å².